The molecule has 1 aromatic rings. The van der Waals surface area contributed by atoms with E-state index in [0.29, 0.717) is 22.8 Å². The molecule has 7 heteroatoms. The van der Waals surface area contributed by atoms with Crippen molar-refractivity contribution in [3.8, 4) is 0 Å². The lowest BCUT2D eigenvalue weighted by Gasteiger charge is -2.36. The van der Waals surface area contributed by atoms with E-state index in [2.05, 4.69) is 0 Å². The molecule has 0 bridgehead atoms. The number of para-hydroxylation sites is 1. The largest absolute Gasteiger partial charge is 0.478 e. The molecule has 5 nitrogen and oxygen atoms in total. The van der Waals surface area contributed by atoms with Crippen molar-refractivity contribution in [3.05, 3.63) is 34.9 Å². The van der Waals surface area contributed by atoms with Crippen LogP contribution in [-0.4, -0.2) is 43.6 Å². The second kappa shape index (κ2) is 6.07. The fourth-order valence-electron chi connectivity index (χ4n) is 2.46. The van der Waals surface area contributed by atoms with Crippen LogP contribution in [0.15, 0.2) is 24.3 Å². The predicted octanol–water partition coefficient (Wildman–Crippen LogP) is 2.06. The second-order valence-electron chi connectivity index (χ2n) is 5.01. The first-order valence-electron chi connectivity index (χ1n) is 6.47. The summed E-state index contributed by atoms with van der Waals surface area (Å²) in [5, 5.41) is 9.23. The Morgan fingerprint density at radius 3 is 2.81 bits per heavy atom. The van der Waals surface area contributed by atoms with Gasteiger partial charge in [0.15, 0.2) is 9.84 Å². The third-order valence-electron chi connectivity index (χ3n) is 3.38. The monoisotopic (exact) mass is 329 g/mol. The van der Waals surface area contributed by atoms with E-state index < -0.39 is 15.8 Å². The number of nitrogens with zero attached hydrogens (tertiary/aromatic N) is 1. The fourth-order valence-corrected chi connectivity index (χ4v) is 4.31. The van der Waals surface area contributed by atoms with Gasteiger partial charge in [-0.25, -0.2) is 13.2 Å². The number of halogens is 1. The number of benzene rings is 1. The Bertz CT molecular complexity index is 684. The maximum atomic E-state index is 11.7. The lowest BCUT2D eigenvalue weighted by molar-refractivity contribution is -0.131. The molecule has 1 aliphatic rings. The van der Waals surface area contributed by atoms with E-state index in [1.165, 1.54) is 6.08 Å². The predicted molar refractivity (Wildman–Crippen MR) is 83.6 cm³/mol. The van der Waals surface area contributed by atoms with Crippen LogP contribution in [0.1, 0.15) is 12.5 Å². The first-order chi connectivity index (χ1) is 9.80. The third kappa shape index (κ3) is 3.77. The second-order valence-corrected chi connectivity index (χ2v) is 7.64. The fraction of sp³-hybridized carbons (Fsp3) is 0.357. The summed E-state index contributed by atoms with van der Waals surface area (Å²) in [6.07, 6.45) is 2.51. The van der Waals surface area contributed by atoms with Crippen LogP contribution >= 0.6 is 11.6 Å². The summed E-state index contributed by atoms with van der Waals surface area (Å²) in [7, 11) is -3.02. The van der Waals surface area contributed by atoms with E-state index >= 15 is 0 Å². The standard InChI is InChI=1S/C14H16ClNO4S/c1-10-9-21(19,20)8-7-16(10)14-11(5-6-13(17)18)3-2-4-12(14)15/h2-6,10H,7-9H2,1H3,(H,17,18)/b6-5+. The molecule has 21 heavy (non-hydrogen) atoms. The van der Waals surface area contributed by atoms with Gasteiger partial charge in [-0.3, -0.25) is 0 Å². The normalized spacial score (nSPS) is 21.6. The Kier molecular flexibility index (Phi) is 4.58. The van der Waals surface area contributed by atoms with Gasteiger partial charge in [-0.2, -0.15) is 0 Å². The Balaban J connectivity index is 2.41. The first kappa shape index (κ1) is 15.9. The topological polar surface area (TPSA) is 74.7 Å². The molecular formula is C14H16ClNO4S. The van der Waals surface area contributed by atoms with Gasteiger partial charge in [-0.15, -0.1) is 0 Å². The van der Waals surface area contributed by atoms with Crippen molar-refractivity contribution < 1.29 is 18.3 Å². The summed E-state index contributed by atoms with van der Waals surface area (Å²) in [6.45, 7) is 2.17. The number of hydrogen-bond acceptors (Lipinski definition) is 4. The molecule has 0 aliphatic carbocycles. The molecule has 2 rings (SSSR count). The summed E-state index contributed by atoms with van der Waals surface area (Å²) in [5.74, 6) is -0.902. The van der Waals surface area contributed by atoms with Crippen LogP contribution in [0.5, 0.6) is 0 Å². The molecule has 1 unspecified atom stereocenters. The molecule has 1 heterocycles. The van der Waals surface area contributed by atoms with Gasteiger partial charge in [-0.1, -0.05) is 23.7 Å². The van der Waals surface area contributed by atoms with Crippen LogP contribution in [0.25, 0.3) is 6.08 Å². The highest BCUT2D eigenvalue weighted by Crippen LogP contribution is 2.33. The third-order valence-corrected chi connectivity index (χ3v) is 5.48. The maximum absolute atomic E-state index is 11.7. The number of carboxylic acids is 1. The quantitative estimate of drug-likeness (QED) is 0.859. The van der Waals surface area contributed by atoms with Gasteiger partial charge in [0.05, 0.1) is 22.2 Å². The van der Waals surface area contributed by atoms with Crippen LogP contribution in [0.3, 0.4) is 0 Å². The Labute approximate surface area is 128 Å². The molecule has 1 aliphatic heterocycles. The van der Waals surface area contributed by atoms with E-state index in [-0.39, 0.29) is 17.5 Å². The summed E-state index contributed by atoms with van der Waals surface area (Å²) < 4.78 is 23.3. The zero-order valence-electron chi connectivity index (χ0n) is 11.5. The number of carbonyl (C=O) groups is 1. The van der Waals surface area contributed by atoms with Crippen molar-refractivity contribution in [2.45, 2.75) is 13.0 Å². The lowest BCUT2D eigenvalue weighted by atomic mass is 10.1. The van der Waals surface area contributed by atoms with Gasteiger partial charge in [0.1, 0.15) is 0 Å². The average Bonchev–Trinajstić information content (AvgIpc) is 2.37. The highest BCUT2D eigenvalue weighted by Gasteiger charge is 2.30. The minimum absolute atomic E-state index is 0.0698. The van der Waals surface area contributed by atoms with Crippen molar-refractivity contribution in [1.82, 2.24) is 0 Å². The summed E-state index contributed by atoms with van der Waals surface area (Å²) in [5.41, 5.74) is 1.34. The molecule has 1 N–H and O–H groups in total. The molecule has 0 spiro atoms. The highest BCUT2D eigenvalue weighted by atomic mass is 35.5. The number of carboxylic acid groups (broad SMARTS) is 1. The highest BCUT2D eigenvalue weighted by molar-refractivity contribution is 7.91. The summed E-state index contributed by atoms with van der Waals surface area (Å²) >= 11 is 6.24. The lowest BCUT2D eigenvalue weighted by Crippen LogP contribution is -2.47. The van der Waals surface area contributed by atoms with E-state index in [1.807, 2.05) is 11.8 Å². The SMILES string of the molecule is CC1CS(=O)(=O)CCN1c1c(Cl)cccc1/C=C/C(=O)O. The van der Waals surface area contributed by atoms with Gasteiger partial charge in [0.2, 0.25) is 0 Å². The zero-order chi connectivity index (χ0) is 15.6. The van der Waals surface area contributed by atoms with Crippen LogP contribution in [0, 0.1) is 0 Å². The Morgan fingerprint density at radius 2 is 2.19 bits per heavy atom. The summed E-state index contributed by atoms with van der Waals surface area (Å²) in [4.78, 5) is 12.6. The number of hydrogen-bond donors (Lipinski definition) is 1. The molecular weight excluding hydrogens is 314 g/mol. The molecule has 1 saturated heterocycles. The summed E-state index contributed by atoms with van der Waals surface area (Å²) in [6, 6.07) is 5.00. The minimum Gasteiger partial charge on any atom is -0.478 e. The minimum atomic E-state index is -3.02. The van der Waals surface area contributed by atoms with Crippen LogP contribution in [0.4, 0.5) is 5.69 Å². The van der Waals surface area contributed by atoms with E-state index in [9.17, 15) is 13.2 Å². The van der Waals surface area contributed by atoms with Gasteiger partial charge in [0, 0.05) is 18.7 Å². The van der Waals surface area contributed by atoms with Crippen molar-refractivity contribution in [3.63, 3.8) is 0 Å². The molecule has 1 fully saturated rings. The smallest absolute Gasteiger partial charge is 0.328 e. The van der Waals surface area contributed by atoms with Crippen molar-refractivity contribution >= 4 is 39.2 Å². The first-order valence-corrected chi connectivity index (χ1v) is 8.67. The van der Waals surface area contributed by atoms with Crippen molar-refractivity contribution in [1.29, 1.82) is 0 Å². The zero-order valence-corrected chi connectivity index (χ0v) is 13.1. The van der Waals surface area contributed by atoms with Gasteiger partial charge >= 0.3 is 5.97 Å². The van der Waals surface area contributed by atoms with E-state index in [0.717, 1.165) is 6.08 Å². The number of sulfone groups is 1. The maximum Gasteiger partial charge on any atom is 0.328 e. The van der Waals surface area contributed by atoms with Crippen molar-refractivity contribution in [2.24, 2.45) is 0 Å². The van der Waals surface area contributed by atoms with Crippen molar-refractivity contribution in [2.75, 3.05) is 23.0 Å². The molecule has 0 aromatic heterocycles. The Morgan fingerprint density at radius 1 is 1.48 bits per heavy atom. The number of aliphatic carboxylic acids is 1. The van der Waals surface area contributed by atoms with Crippen LogP contribution in [-0.2, 0) is 14.6 Å². The molecule has 0 saturated carbocycles. The number of anilines is 1. The van der Waals surface area contributed by atoms with E-state index in [4.69, 9.17) is 16.7 Å². The van der Waals surface area contributed by atoms with Gasteiger partial charge in [-0.05, 0) is 24.6 Å². The van der Waals surface area contributed by atoms with Gasteiger partial charge in [0.25, 0.3) is 0 Å². The van der Waals surface area contributed by atoms with Crippen LogP contribution < -0.4 is 4.90 Å². The molecule has 1 atom stereocenters. The van der Waals surface area contributed by atoms with Crippen LogP contribution in [0.2, 0.25) is 5.02 Å². The van der Waals surface area contributed by atoms with E-state index in [1.54, 1.807) is 18.2 Å². The Hall–Kier alpha value is -1.53. The average molecular weight is 330 g/mol. The van der Waals surface area contributed by atoms with Gasteiger partial charge < -0.3 is 10.0 Å². The molecule has 1 aromatic carbocycles. The molecule has 114 valence electrons. The molecule has 0 amide bonds. The number of rotatable bonds is 3. The molecule has 0 radical (unpaired) electrons.